The van der Waals surface area contributed by atoms with Crippen LogP contribution in [0.25, 0.3) is 0 Å². The van der Waals surface area contributed by atoms with Gasteiger partial charge in [-0.3, -0.25) is 19.7 Å². The molecule has 2 aliphatic heterocycles. The monoisotopic (exact) mass is 443 g/mol. The molecule has 0 aromatic heterocycles. The maximum absolute atomic E-state index is 12.9. The van der Waals surface area contributed by atoms with E-state index in [-0.39, 0.29) is 46.9 Å². The molecule has 2 atom stereocenters. The Morgan fingerprint density at radius 2 is 1.61 bits per heavy atom. The number of sulfonamides is 1. The van der Waals surface area contributed by atoms with Gasteiger partial charge in [0.25, 0.3) is 17.7 Å². The molecular weight excluding hydrogens is 422 g/mol. The summed E-state index contributed by atoms with van der Waals surface area (Å²) in [6, 6.07) is 10.1. The summed E-state index contributed by atoms with van der Waals surface area (Å²) in [6.07, 6.45) is -0.401. The van der Waals surface area contributed by atoms with Crippen LogP contribution in [0, 0.1) is 0 Å². The quantitative estimate of drug-likeness (QED) is 0.693. The highest BCUT2D eigenvalue weighted by Gasteiger charge is 2.32. The Labute approximate surface area is 179 Å². The standard InChI is InChI=1S/C21H21N3O6S/c1-12-10-24(11-13(2)30-12)31(28,29)16-6-3-14(4-7-16)19(25)22-15-5-8-17-18(9-15)21(27)23-20(17)26/h3-9,12-13H,10-11H2,1-2H3,(H,22,25)(H,23,26,27)/t12-,13-/m0/s1. The molecule has 2 aromatic rings. The van der Waals surface area contributed by atoms with E-state index in [4.69, 9.17) is 4.74 Å². The second-order valence-electron chi connectivity index (χ2n) is 7.60. The Morgan fingerprint density at radius 1 is 1.00 bits per heavy atom. The average Bonchev–Trinajstić information content (AvgIpc) is 3.00. The summed E-state index contributed by atoms with van der Waals surface area (Å²) >= 11 is 0. The first-order chi connectivity index (χ1) is 14.6. The number of morpholine rings is 1. The van der Waals surface area contributed by atoms with E-state index in [9.17, 15) is 22.8 Å². The van der Waals surface area contributed by atoms with Gasteiger partial charge in [-0.1, -0.05) is 0 Å². The Hall–Kier alpha value is -3.08. The van der Waals surface area contributed by atoms with Crippen LogP contribution < -0.4 is 10.6 Å². The SMILES string of the molecule is C[C@H]1CN(S(=O)(=O)c2ccc(C(=O)Nc3ccc4c(c3)C(=O)NC4=O)cc2)C[C@H](C)O1. The van der Waals surface area contributed by atoms with Gasteiger partial charge in [-0.2, -0.15) is 4.31 Å². The van der Waals surface area contributed by atoms with Gasteiger partial charge < -0.3 is 10.1 Å². The molecule has 1 saturated heterocycles. The number of ether oxygens (including phenoxy) is 1. The molecule has 9 nitrogen and oxygen atoms in total. The van der Waals surface area contributed by atoms with E-state index in [1.54, 1.807) is 0 Å². The summed E-state index contributed by atoms with van der Waals surface area (Å²) in [4.78, 5) is 36.0. The number of fused-ring (bicyclic) bond motifs is 1. The van der Waals surface area contributed by atoms with E-state index in [1.165, 1.54) is 46.8 Å². The third-order valence-corrected chi connectivity index (χ3v) is 6.98. The summed E-state index contributed by atoms with van der Waals surface area (Å²) in [6.45, 7) is 4.18. The molecule has 0 aliphatic carbocycles. The van der Waals surface area contributed by atoms with Crippen LogP contribution in [-0.4, -0.2) is 55.7 Å². The highest BCUT2D eigenvalue weighted by atomic mass is 32.2. The van der Waals surface area contributed by atoms with Crippen LogP contribution in [0.1, 0.15) is 44.9 Å². The van der Waals surface area contributed by atoms with E-state index in [2.05, 4.69) is 10.6 Å². The number of amides is 3. The van der Waals surface area contributed by atoms with Gasteiger partial charge >= 0.3 is 0 Å². The van der Waals surface area contributed by atoms with Gasteiger partial charge in [-0.15, -0.1) is 0 Å². The molecule has 162 valence electrons. The van der Waals surface area contributed by atoms with Crippen molar-refractivity contribution in [2.75, 3.05) is 18.4 Å². The summed E-state index contributed by atoms with van der Waals surface area (Å²) in [5.41, 5.74) is 1.05. The van der Waals surface area contributed by atoms with Gasteiger partial charge in [-0.25, -0.2) is 8.42 Å². The minimum Gasteiger partial charge on any atom is -0.373 e. The van der Waals surface area contributed by atoms with Crippen molar-refractivity contribution in [1.82, 2.24) is 9.62 Å². The number of nitrogens with zero attached hydrogens (tertiary/aromatic N) is 1. The zero-order valence-electron chi connectivity index (χ0n) is 16.9. The predicted molar refractivity (Wildman–Crippen MR) is 111 cm³/mol. The molecule has 2 N–H and O–H groups in total. The topological polar surface area (TPSA) is 122 Å². The second kappa shape index (κ2) is 7.88. The maximum Gasteiger partial charge on any atom is 0.259 e. The minimum atomic E-state index is -3.70. The number of imide groups is 1. The van der Waals surface area contributed by atoms with Crippen molar-refractivity contribution in [3.05, 3.63) is 59.2 Å². The van der Waals surface area contributed by atoms with Crippen LogP contribution in [0.2, 0.25) is 0 Å². The molecule has 0 unspecified atom stereocenters. The smallest absolute Gasteiger partial charge is 0.259 e. The number of benzene rings is 2. The molecule has 0 bridgehead atoms. The molecule has 0 spiro atoms. The zero-order valence-corrected chi connectivity index (χ0v) is 17.7. The highest BCUT2D eigenvalue weighted by Crippen LogP contribution is 2.23. The van der Waals surface area contributed by atoms with E-state index < -0.39 is 27.7 Å². The number of carbonyl (C=O) groups excluding carboxylic acids is 3. The first-order valence-corrected chi connectivity index (χ1v) is 11.2. The molecule has 3 amide bonds. The fraction of sp³-hybridized carbons (Fsp3) is 0.286. The molecule has 4 rings (SSSR count). The number of hydrogen-bond donors (Lipinski definition) is 2. The van der Waals surface area contributed by atoms with Gasteiger partial charge in [0.2, 0.25) is 10.0 Å². The fourth-order valence-corrected chi connectivity index (χ4v) is 5.29. The summed E-state index contributed by atoms with van der Waals surface area (Å²) in [5.74, 6) is -1.46. The Morgan fingerprint density at radius 3 is 2.26 bits per heavy atom. The highest BCUT2D eigenvalue weighted by molar-refractivity contribution is 7.89. The summed E-state index contributed by atoms with van der Waals surface area (Å²) in [7, 11) is -3.70. The first-order valence-electron chi connectivity index (χ1n) is 9.72. The lowest BCUT2D eigenvalue weighted by molar-refractivity contribution is -0.0440. The zero-order chi connectivity index (χ0) is 22.3. The lowest BCUT2D eigenvalue weighted by Crippen LogP contribution is -2.48. The third-order valence-electron chi connectivity index (χ3n) is 5.13. The summed E-state index contributed by atoms with van der Waals surface area (Å²) < 4.78 is 32.8. The normalized spacial score (nSPS) is 21.5. The van der Waals surface area contributed by atoms with Crippen molar-refractivity contribution < 1.29 is 27.5 Å². The number of anilines is 1. The van der Waals surface area contributed by atoms with Crippen molar-refractivity contribution >= 4 is 33.4 Å². The molecule has 2 aromatic carbocycles. The largest absolute Gasteiger partial charge is 0.373 e. The molecule has 0 saturated carbocycles. The molecular formula is C21H21N3O6S. The van der Waals surface area contributed by atoms with E-state index in [1.807, 2.05) is 13.8 Å². The lowest BCUT2D eigenvalue weighted by Gasteiger charge is -2.34. The molecule has 2 heterocycles. The molecule has 1 fully saturated rings. The van der Waals surface area contributed by atoms with Crippen LogP contribution in [-0.2, 0) is 14.8 Å². The Balaban J connectivity index is 1.49. The number of carbonyl (C=O) groups is 3. The number of nitrogens with one attached hydrogen (secondary N) is 2. The number of hydrogen-bond acceptors (Lipinski definition) is 6. The van der Waals surface area contributed by atoms with Gasteiger partial charge in [0, 0.05) is 24.3 Å². The van der Waals surface area contributed by atoms with Crippen LogP contribution in [0.4, 0.5) is 5.69 Å². The van der Waals surface area contributed by atoms with Crippen LogP contribution in [0.5, 0.6) is 0 Å². The minimum absolute atomic E-state index is 0.0954. The molecule has 31 heavy (non-hydrogen) atoms. The number of rotatable bonds is 4. The van der Waals surface area contributed by atoms with Gasteiger partial charge in [0.1, 0.15) is 0 Å². The van der Waals surface area contributed by atoms with Crippen molar-refractivity contribution in [2.24, 2.45) is 0 Å². The van der Waals surface area contributed by atoms with Crippen LogP contribution in [0.15, 0.2) is 47.4 Å². The fourth-order valence-electron chi connectivity index (χ4n) is 3.70. The molecule has 10 heteroatoms. The van der Waals surface area contributed by atoms with E-state index in [0.29, 0.717) is 5.69 Å². The molecule has 2 aliphatic rings. The van der Waals surface area contributed by atoms with Crippen molar-refractivity contribution in [1.29, 1.82) is 0 Å². The van der Waals surface area contributed by atoms with Crippen molar-refractivity contribution in [2.45, 2.75) is 31.0 Å². The van der Waals surface area contributed by atoms with Gasteiger partial charge in [0.15, 0.2) is 0 Å². The first kappa shape index (κ1) is 21.2. The van der Waals surface area contributed by atoms with Gasteiger partial charge in [-0.05, 0) is 56.3 Å². The summed E-state index contributed by atoms with van der Waals surface area (Å²) in [5, 5.41) is 4.84. The van der Waals surface area contributed by atoms with Gasteiger partial charge in [0.05, 0.1) is 28.2 Å². The van der Waals surface area contributed by atoms with E-state index in [0.717, 1.165) is 0 Å². The Bertz CT molecular complexity index is 1170. The predicted octanol–water partition coefficient (Wildman–Crippen LogP) is 1.62. The average molecular weight is 443 g/mol. The molecule has 0 radical (unpaired) electrons. The van der Waals surface area contributed by atoms with Crippen LogP contribution in [0.3, 0.4) is 0 Å². The Kier molecular flexibility index (Phi) is 5.38. The lowest BCUT2D eigenvalue weighted by atomic mass is 10.1. The maximum atomic E-state index is 12.9. The van der Waals surface area contributed by atoms with Crippen molar-refractivity contribution in [3.8, 4) is 0 Å². The third kappa shape index (κ3) is 4.09. The van der Waals surface area contributed by atoms with Crippen LogP contribution >= 0.6 is 0 Å². The second-order valence-corrected chi connectivity index (χ2v) is 9.54. The van der Waals surface area contributed by atoms with E-state index >= 15 is 0 Å². The van der Waals surface area contributed by atoms with Crippen molar-refractivity contribution in [3.63, 3.8) is 0 Å².